The number of H-pyrrole nitrogens is 1. The molecule has 1 heterocycles. The maximum Gasteiger partial charge on any atom is 0.294 e. The van der Waals surface area contributed by atoms with E-state index in [0.29, 0.717) is 37.0 Å². The number of rotatable bonds is 13. The summed E-state index contributed by atoms with van der Waals surface area (Å²) in [6, 6.07) is 7.86. The first-order chi connectivity index (χ1) is 19.2. The number of carbonyl (C=O) groups excluding carboxylic acids is 1. The number of ether oxygens (including phenoxy) is 1. The molecule has 0 aliphatic heterocycles. The lowest BCUT2D eigenvalue weighted by atomic mass is 9.76. The van der Waals surface area contributed by atoms with Gasteiger partial charge in [0.1, 0.15) is 5.82 Å². The van der Waals surface area contributed by atoms with E-state index in [1.54, 1.807) is 4.90 Å². The largest absolute Gasteiger partial charge is 0.486 e. The van der Waals surface area contributed by atoms with E-state index in [1.807, 2.05) is 32.0 Å². The Balaban J connectivity index is 1.97. The summed E-state index contributed by atoms with van der Waals surface area (Å²) in [7, 11) is -1.98. The molecule has 1 aliphatic carbocycles. The van der Waals surface area contributed by atoms with Crippen molar-refractivity contribution in [3.63, 3.8) is 0 Å². The highest BCUT2D eigenvalue weighted by Crippen LogP contribution is 2.44. The average Bonchev–Trinajstić information content (AvgIpc) is 3.36. The van der Waals surface area contributed by atoms with Gasteiger partial charge in [-0.3, -0.25) is 9.59 Å². The third-order valence-corrected chi connectivity index (χ3v) is 13.6. The second kappa shape index (κ2) is 13.9. The van der Waals surface area contributed by atoms with Crippen molar-refractivity contribution in [1.82, 2.24) is 14.9 Å². The lowest BCUT2D eigenvalue weighted by Gasteiger charge is -2.37. The van der Waals surface area contributed by atoms with Crippen LogP contribution in [0.15, 0.2) is 29.1 Å². The van der Waals surface area contributed by atoms with Gasteiger partial charge in [-0.25, -0.2) is 4.98 Å². The third-order valence-electron chi connectivity index (χ3n) is 8.86. The quantitative estimate of drug-likeness (QED) is 0.189. The van der Waals surface area contributed by atoms with Crippen molar-refractivity contribution in [1.29, 1.82) is 0 Å². The first-order valence-corrected chi connectivity index (χ1v) is 18.5. The number of unbranched alkanes of at least 4 members (excludes halogenated alkanes) is 1. The summed E-state index contributed by atoms with van der Waals surface area (Å²) in [5.41, 5.74) is 0.628. The number of aromatic nitrogens is 2. The van der Waals surface area contributed by atoms with Gasteiger partial charge >= 0.3 is 0 Å². The summed E-state index contributed by atoms with van der Waals surface area (Å²) in [5.74, 6) is 0.205. The summed E-state index contributed by atoms with van der Waals surface area (Å²) in [6.45, 7) is 18.2. The van der Waals surface area contributed by atoms with Gasteiger partial charge in [-0.1, -0.05) is 70.7 Å². The zero-order chi connectivity index (χ0) is 30.4. The molecule has 0 unspecified atom stereocenters. The maximum absolute atomic E-state index is 14.1. The molecule has 0 saturated heterocycles. The van der Waals surface area contributed by atoms with Crippen LogP contribution in [-0.2, 0) is 16.3 Å². The Morgan fingerprint density at radius 1 is 1.20 bits per heavy atom. The van der Waals surface area contributed by atoms with Crippen LogP contribution < -0.4 is 10.3 Å². The number of aromatic amines is 1. The predicted molar refractivity (Wildman–Crippen MR) is 170 cm³/mol. The van der Waals surface area contributed by atoms with Crippen LogP contribution in [0.4, 0.5) is 0 Å². The molecule has 0 atom stereocenters. The van der Waals surface area contributed by atoms with Gasteiger partial charge in [-0.2, -0.15) is 0 Å². The van der Waals surface area contributed by atoms with Gasteiger partial charge in [-0.15, -0.1) is 0 Å². The monoisotopic (exact) mass is 603 g/mol. The zero-order valence-corrected chi connectivity index (χ0v) is 28.1. The van der Waals surface area contributed by atoms with Crippen LogP contribution in [0, 0.1) is 0 Å². The van der Waals surface area contributed by atoms with E-state index in [4.69, 9.17) is 25.7 Å². The second-order valence-corrected chi connectivity index (χ2v) is 18.5. The Bertz CT molecular complexity index is 1230. The number of halogens is 1. The van der Waals surface area contributed by atoms with E-state index in [2.05, 4.69) is 51.8 Å². The zero-order valence-electron chi connectivity index (χ0n) is 26.4. The summed E-state index contributed by atoms with van der Waals surface area (Å²) in [4.78, 5) is 37.1. The van der Waals surface area contributed by atoms with Crippen molar-refractivity contribution in [2.24, 2.45) is 0 Å². The fraction of sp³-hybridized carbons (Fsp3) is 0.656. The van der Waals surface area contributed by atoms with Crippen LogP contribution in [0.5, 0.6) is 5.75 Å². The number of benzene rings is 1. The molecule has 1 N–H and O–H groups in total. The van der Waals surface area contributed by atoms with Gasteiger partial charge in [-0.05, 0) is 68.9 Å². The molecule has 228 valence electrons. The number of nitrogens with one attached hydrogen (secondary N) is 1. The van der Waals surface area contributed by atoms with Crippen LogP contribution in [0.25, 0.3) is 0 Å². The molecule has 3 rings (SSSR count). The third kappa shape index (κ3) is 8.23. The number of amides is 1. The topological polar surface area (TPSA) is 84.5 Å². The summed E-state index contributed by atoms with van der Waals surface area (Å²) in [5, 5.41) is 0.765. The lowest BCUT2D eigenvalue weighted by molar-refractivity contribution is 0.0657. The molecule has 0 spiro atoms. The Morgan fingerprint density at radius 2 is 1.88 bits per heavy atom. The number of nitrogens with zero attached hydrogens (tertiary/aromatic N) is 2. The van der Waals surface area contributed by atoms with Crippen molar-refractivity contribution < 1.29 is 14.0 Å². The summed E-state index contributed by atoms with van der Waals surface area (Å²) >= 11 is 6.37. The second-order valence-electron chi connectivity index (χ2n) is 13.3. The SMILES string of the molecule is CCCCOc1c(C(=O)N(CCO[Si](C)(C)C(C)(C)C)C(C)C)nc(CC2(c3cccc(Cl)c3)CCCC2)[nH]c1=O. The molecule has 41 heavy (non-hydrogen) atoms. The van der Waals surface area contributed by atoms with Gasteiger partial charge in [0.05, 0.1) is 13.2 Å². The summed E-state index contributed by atoms with van der Waals surface area (Å²) in [6.07, 6.45) is 6.34. The van der Waals surface area contributed by atoms with Crippen LogP contribution in [0.3, 0.4) is 0 Å². The Morgan fingerprint density at radius 3 is 2.46 bits per heavy atom. The molecule has 0 radical (unpaired) electrons. The molecule has 1 aliphatic rings. The molecule has 2 aromatic rings. The minimum absolute atomic E-state index is 0.00592. The molecular formula is C32H50ClN3O4Si. The number of carbonyl (C=O) groups is 1. The molecular weight excluding hydrogens is 554 g/mol. The smallest absolute Gasteiger partial charge is 0.294 e. The molecule has 1 saturated carbocycles. The van der Waals surface area contributed by atoms with Crippen molar-refractivity contribution in [3.05, 3.63) is 56.7 Å². The van der Waals surface area contributed by atoms with Gasteiger partial charge in [0.25, 0.3) is 11.5 Å². The normalized spacial score (nSPS) is 15.4. The number of hydrogen-bond acceptors (Lipinski definition) is 5. The highest BCUT2D eigenvalue weighted by molar-refractivity contribution is 6.74. The predicted octanol–water partition coefficient (Wildman–Crippen LogP) is 7.53. The van der Waals surface area contributed by atoms with Crippen molar-refractivity contribution in [2.45, 2.75) is 116 Å². The molecule has 1 amide bonds. The highest BCUT2D eigenvalue weighted by Gasteiger charge is 2.39. The summed E-state index contributed by atoms with van der Waals surface area (Å²) < 4.78 is 12.3. The van der Waals surface area contributed by atoms with E-state index in [0.717, 1.165) is 44.1 Å². The maximum atomic E-state index is 14.1. The van der Waals surface area contributed by atoms with Gasteiger partial charge in [0, 0.05) is 29.4 Å². The van der Waals surface area contributed by atoms with Crippen LogP contribution in [0.1, 0.15) is 102 Å². The van der Waals surface area contributed by atoms with E-state index in [9.17, 15) is 9.59 Å². The van der Waals surface area contributed by atoms with Crippen molar-refractivity contribution >= 4 is 25.8 Å². The van der Waals surface area contributed by atoms with Crippen LogP contribution >= 0.6 is 11.6 Å². The Hall–Kier alpha value is -2.16. The van der Waals surface area contributed by atoms with E-state index in [1.165, 1.54) is 0 Å². The first kappa shape index (κ1) is 33.3. The van der Waals surface area contributed by atoms with Crippen molar-refractivity contribution in [3.8, 4) is 5.75 Å². The number of hydrogen-bond donors (Lipinski definition) is 1. The standard InChI is InChI=1S/C32H50ClN3O4Si/c1-9-10-19-39-28-27(30(38)36(23(2)3)18-20-40-41(7,8)31(4,5)6)34-26(35-29(28)37)22-32(16-11-12-17-32)24-14-13-15-25(33)21-24/h13-15,21,23H,9-12,16-20,22H2,1-8H3,(H,34,35,37). The van der Waals surface area contributed by atoms with Crippen molar-refractivity contribution in [2.75, 3.05) is 19.8 Å². The fourth-order valence-electron chi connectivity index (χ4n) is 5.29. The van der Waals surface area contributed by atoms with E-state index >= 15 is 0 Å². The molecule has 1 fully saturated rings. The minimum Gasteiger partial charge on any atom is -0.486 e. The molecule has 7 nitrogen and oxygen atoms in total. The minimum atomic E-state index is -1.98. The average molecular weight is 604 g/mol. The van der Waals surface area contributed by atoms with Gasteiger partial charge in [0.2, 0.25) is 5.75 Å². The van der Waals surface area contributed by atoms with Crippen LogP contribution in [-0.4, -0.2) is 54.9 Å². The molecule has 0 bridgehead atoms. The van der Waals surface area contributed by atoms with Crippen LogP contribution in [0.2, 0.25) is 23.2 Å². The van der Waals surface area contributed by atoms with Gasteiger partial charge < -0.3 is 19.0 Å². The Labute approximate surface area is 252 Å². The molecule has 9 heteroatoms. The first-order valence-electron chi connectivity index (χ1n) is 15.2. The molecule has 1 aromatic carbocycles. The van der Waals surface area contributed by atoms with E-state index < -0.39 is 13.9 Å². The fourth-order valence-corrected chi connectivity index (χ4v) is 6.52. The lowest BCUT2D eigenvalue weighted by Crippen LogP contribution is -2.45. The highest BCUT2D eigenvalue weighted by atomic mass is 35.5. The van der Waals surface area contributed by atoms with E-state index in [-0.39, 0.29) is 33.8 Å². The van der Waals surface area contributed by atoms with Gasteiger partial charge in [0.15, 0.2) is 14.0 Å². The molecule has 1 aromatic heterocycles. The Kier molecular flexibility index (Phi) is 11.3.